The van der Waals surface area contributed by atoms with Crippen molar-refractivity contribution in [2.45, 2.75) is 58.6 Å². The molecular formula is C26H34N2O2. The van der Waals surface area contributed by atoms with Crippen LogP contribution in [0.15, 0.2) is 66.9 Å². The number of ether oxygens (including phenoxy) is 1. The molecule has 0 aliphatic heterocycles. The van der Waals surface area contributed by atoms with Gasteiger partial charge in [-0.25, -0.2) is 4.79 Å². The summed E-state index contributed by atoms with van der Waals surface area (Å²) in [5, 5.41) is 3.51. The standard InChI is InChI=1S/C26H34N2O2/c1-19(2)22-16-15-20(3)18-25(22)30-26(29)14-9-13-24(23-12-7-8-17-27-23)28-21-10-5-4-6-11-21/h4-12,14,17,19-20,22,24-25,28H,13,15-16,18H2,1-3H3/b14-9+/t20-,22+,24?,25-/m0/s1. The molecule has 1 N–H and O–H groups in total. The van der Waals surface area contributed by atoms with Crippen LogP contribution in [0, 0.1) is 17.8 Å². The van der Waals surface area contributed by atoms with Crippen LogP contribution in [-0.2, 0) is 9.53 Å². The van der Waals surface area contributed by atoms with E-state index in [9.17, 15) is 4.79 Å². The second-order valence-electron chi connectivity index (χ2n) is 8.76. The average molecular weight is 407 g/mol. The van der Waals surface area contributed by atoms with Gasteiger partial charge >= 0.3 is 5.97 Å². The molecule has 4 heteroatoms. The molecule has 1 heterocycles. The van der Waals surface area contributed by atoms with E-state index in [1.807, 2.05) is 54.6 Å². The van der Waals surface area contributed by atoms with Crippen molar-refractivity contribution >= 4 is 11.7 Å². The summed E-state index contributed by atoms with van der Waals surface area (Å²) in [6.07, 6.45) is 9.29. The number of nitrogens with one attached hydrogen (secondary N) is 1. The van der Waals surface area contributed by atoms with E-state index < -0.39 is 0 Å². The van der Waals surface area contributed by atoms with Gasteiger partial charge in [-0.3, -0.25) is 4.98 Å². The second kappa shape index (κ2) is 11.0. The van der Waals surface area contributed by atoms with E-state index in [1.54, 1.807) is 12.3 Å². The molecule has 1 aliphatic carbocycles. The van der Waals surface area contributed by atoms with Gasteiger partial charge in [-0.1, -0.05) is 57.5 Å². The summed E-state index contributed by atoms with van der Waals surface area (Å²) in [6, 6.07) is 15.9. The number of rotatable bonds is 8. The fourth-order valence-corrected chi connectivity index (χ4v) is 4.31. The molecule has 0 bridgehead atoms. The van der Waals surface area contributed by atoms with Crippen LogP contribution >= 0.6 is 0 Å². The van der Waals surface area contributed by atoms with Crippen molar-refractivity contribution < 1.29 is 9.53 Å². The predicted octanol–water partition coefficient (Wildman–Crippen LogP) is 6.19. The SMILES string of the molecule is CC(C)[C@H]1CC[C@H](C)C[C@@H]1OC(=O)/C=C/CC(Nc1ccccc1)c1ccccn1. The van der Waals surface area contributed by atoms with E-state index in [2.05, 4.69) is 31.1 Å². The zero-order valence-corrected chi connectivity index (χ0v) is 18.3. The highest BCUT2D eigenvalue weighted by Gasteiger charge is 2.32. The van der Waals surface area contributed by atoms with Crippen molar-refractivity contribution in [2.75, 3.05) is 5.32 Å². The van der Waals surface area contributed by atoms with Gasteiger partial charge in [-0.2, -0.15) is 0 Å². The summed E-state index contributed by atoms with van der Waals surface area (Å²) in [6.45, 7) is 6.70. The van der Waals surface area contributed by atoms with Crippen molar-refractivity contribution in [3.8, 4) is 0 Å². The number of carbonyl (C=O) groups is 1. The minimum Gasteiger partial charge on any atom is -0.459 e. The van der Waals surface area contributed by atoms with Crippen molar-refractivity contribution in [3.63, 3.8) is 0 Å². The van der Waals surface area contributed by atoms with Crippen molar-refractivity contribution in [1.29, 1.82) is 0 Å². The van der Waals surface area contributed by atoms with E-state index >= 15 is 0 Å². The molecule has 1 aromatic heterocycles. The summed E-state index contributed by atoms with van der Waals surface area (Å²) < 4.78 is 5.88. The zero-order chi connectivity index (χ0) is 21.3. The van der Waals surface area contributed by atoms with Crippen LogP contribution in [0.3, 0.4) is 0 Å². The lowest BCUT2D eigenvalue weighted by atomic mass is 9.75. The summed E-state index contributed by atoms with van der Waals surface area (Å²) in [5.74, 6) is 1.37. The lowest BCUT2D eigenvalue weighted by Crippen LogP contribution is -2.35. The van der Waals surface area contributed by atoms with E-state index in [-0.39, 0.29) is 18.1 Å². The minimum absolute atomic E-state index is 0.0178. The number of hydrogen-bond acceptors (Lipinski definition) is 4. The fourth-order valence-electron chi connectivity index (χ4n) is 4.31. The van der Waals surface area contributed by atoms with Gasteiger partial charge in [0.05, 0.1) is 11.7 Å². The summed E-state index contributed by atoms with van der Waals surface area (Å²) in [4.78, 5) is 17.0. The Bertz CT molecular complexity index is 804. The van der Waals surface area contributed by atoms with Crippen LogP contribution in [0.5, 0.6) is 0 Å². The molecule has 30 heavy (non-hydrogen) atoms. The molecule has 4 nitrogen and oxygen atoms in total. The fraction of sp³-hybridized carbons (Fsp3) is 0.462. The van der Waals surface area contributed by atoms with Crippen molar-refractivity contribution in [1.82, 2.24) is 4.98 Å². The average Bonchev–Trinajstić information content (AvgIpc) is 2.74. The van der Waals surface area contributed by atoms with E-state index in [0.717, 1.165) is 24.2 Å². The maximum absolute atomic E-state index is 12.5. The third kappa shape index (κ3) is 6.45. The molecule has 1 fully saturated rings. The number of esters is 1. The van der Waals surface area contributed by atoms with Crippen LogP contribution in [-0.4, -0.2) is 17.1 Å². The van der Waals surface area contributed by atoms with E-state index in [0.29, 0.717) is 24.2 Å². The Labute approximate surface area is 180 Å². The van der Waals surface area contributed by atoms with Crippen LogP contribution < -0.4 is 5.32 Å². The first-order valence-electron chi connectivity index (χ1n) is 11.1. The van der Waals surface area contributed by atoms with E-state index in [4.69, 9.17) is 4.74 Å². The lowest BCUT2D eigenvalue weighted by molar-refractivity contribution is -0.149. The molecule has 0 saturated heterocycles. The highest BCUT2D eigenvalue weighted by Crippen LogP contribution is 2.35. The van der Waals surface area contributed by atoms with Crippen LogP contribution in [0.25, 0.3) is 0 Å². The maximum Gasteiger partial charge on any atom is 0.330 e. The van der Waals surface area contributed by atoms with Gasteiger partial charge in [0.1, 0.15) is 6.10 Å². The monoisotopic (exact) mass is 406 g/mol. The molecule has 3 rings (SSSR count). The molecule has 0 radical (unpaired) electrons. The number of pyridine rings is 1. The minimum atomic E-state index is -0.237. The van der Waals surface area contributed by atoms with Crippen molar-refractivity contribution in [3.05, 3.63) is 72.6 Å². The molecule has 1 aliphatic rings. The summed E-state index contributed by atoms with van der Waals surface area (Å²) >= 11 is 0. The highest BCUT2D eigenvalue weighted by atomic mass is 16.5. The Morgan fingerprint density at radius 1 is 1.17 bits per heavy atom. The number of nitrogens with zero attached hydrogens (tertiary/aromatic N) is 1. The van der Waals surface area contributed by atoms with Gasteiger partial charge in [0.2, 0.25) is 0 Å². The quantitative estimate of drug-likeness (QED) is 0.420. The Kier molecular flexibility index (Phi) is 8.06. The molecule has 4 atom stereocenters. The first-order valence-corrected chi connectivity index (χ1v) is 11.1. The highest BCUT2D eigenvalue weighted by molar-refractivity contribution is 5.82. The van der Waals surface area contributed by atoms with Gasteiger partial charge in [0.25, 0.3) is 0 Å². The number of carbonyl (C=O) groups excluding carboxylic acids is 1. The number of anilines is 1. The van der Waals surface area contributed by atoms with Crippen LogP contribution in [0.2, 0.25) is 0 Å². The molecular weight excluding hydrogens is 372 g/mol. The Hall–Kier alpha value is -2.62. The molecule has 1 saturated carbocycles. The topological polar surface area (TPSA) is 51.2 Å². The Balaban J connectivity index is 1.62. The Morgan fingerprint density at radius 2 is 1.93 bits per heavy atom. The van der Waals surface area contributed by atoms with Gasteiger partial charge in [0, 0.05) is 18.0 Å². The third-order valence-electron chi connectivity index (χ3n) is 6.01. The first kappa shape index (κ1) is 22.1. The predicted molar refractivity (Wildman–Crippen MR) is 122 cm³/mol. The van der Waals surface area contributed by atoms with Gasteiger partial charge in [0.15, 0.2) is 0 Å². The molecule has 0 amide bonds. The van der Waals surface area contributed by atoms with Gasteiger partial charge in [-0.15, -0.1) is 0 Å². The molecule has 1 aromatic carbocycles. The van der Waals surface area contributed by atoms with Crippen molar-refractivity contribution in [2.24, 2.45) is 17.8 Å². The number of benzene rings is 1. The molecule has 160 valence electrons. The summed E-state index contributed by atoms with van der Waals surface area (Å²) in [5.41, 5.74) is 1.97. The molecule has 2 aromatic rings. The number of hydrogen-bond donors (Lipinski definition) is 1. The molecule has 1 unspecified atom stereocenters. The third-order valence-corrected chi connectivity index (χ3v) is 6.01. The van der Waals surface area contributed by atoms with Crippen LogP contribution in [0.1, 0.15) is 58.2 Å². The van der Waals surface area contributed by atoms with E-state index in [1.165, 1.54) is 6.42 Å². The van der Waals surface area contributed by atoms with Crippen LogP contribution in [0.4, 0.5) is 5.69 Å². The second-order valence-corrected chi connectivity index (χ2v) is 8.76. The Morgan fingerprint density at radius 3 is 2.63 bits per heavy atom. The van der Waals surface area contributed by atoms with Gasteiger partial charge < -0.3 is 10.1 Å². The first-order chi connectivity index (χ1) is 14.5. The zero-order valence-electron chi connectivity index (χ0n) is 18.3. The number of para-hydroxylation sites is 1. The smallest absolute Gasteiger partial charge is 0.330 e. The maximum atomic E-state index is 12.5. The number of aromatic nitrogens is 1. The summed E-state index contributed by atoms with van der Waals surface area (Å²) in [7, 11) is 0. The molecule has 0 spiro atoms. The van der Waals surface area contributed by atoms with Gasteiger partial charge in [-0.05, 0) is 61.3 Å². The normalized spacial score (nSPS) is 22.7. The largest absolute Gasteiger partial charge is 0.459 e. The lowest BCUT2D eigenvalue weighted by Gasteiger charge is -2.36.